The van der Waals surface area contributed by atoms with Crippen LogP contribution in [0.15, 0.2) is 84.9 Å². The van der Waals surface area contributed by atoms with Crippen molar-refractivity contribution < 1.29 is 4.79 Å². The minimum Gasteiger partial charge on any atom is -0.281 e. The van der Waals surface area contributed by atoms with Gasteiger partial charge in [0.2, 0.25) is 5.91 Å². The van der Waals surface area contributed by atoms with Crippen molar-refractivity contribution in [1.82, 2.24) is 0 Å². The number of halogens is 1. The molecule has 0 aliphatic heterocycles. The molecule has 0 aliphatic rings. The van der Waals surface area contributed by atoms with E-state index in [1.807, 2.05) is 78.9 Å². The van der Waals surface area contributed by atoms with Crippen LogP contribution in [0.4, 0.5) is 11.4 Å². The molecule has 3 aromatic rings. The van der Waals surface area contributed by atoms with Crippen LogP contribution in [-0.2, 0) is 11.2 Å². The van der Waals surface area contributed by atoms with E-state index in [1.54, 1.807) is 11.0 Å². The summed E-state index contributed by atoms with van der Waals surface area (Å²) in [4.78, 5) is 14.7. The summed E-state index contributed by atoms with van der Waals surface area (Å²) in [7, 11) is 0. The molecule has 0 spiro atoms. The molecule has 0 saturated carbocycles. The average Bonchev–Trinajstić information content (AvgIpc) is 2.59. The molecule has 3 rings (SSSR count). The van der Waals surface area contributed by atoms with Gasteiger partial charge in [-0.05, 0) is 35.9 Å². The fourth-order valence-corrected chi connectivity index (χ4v) is 2.68. The van der Waals surface area contributed by atoms with Crippen molar-refractivity contribution in [3.05, 3.63) is 95.5 Å². The number of rotatable bonds is 4. The van der Waals surface area contributed by atoms with Crippen LogP contribution < -0.4 is 4.90 Å². The zero-order valence-electron chi connectivity index (χ0n) is 12.5. The third-order valence-corrected chi connectivity index (χ3v) is 3.95. The van der Waals surface area contributed by atoms with Crippen LogP contribution in [0.25, 0.3) is 0 Å². The third kappa shape index (κ3) is 3.61. The quantitative estimate of drug-likeness (QED) is 0.643. The maximum atomic E-state index is 12.9. The Morgan fingerprint density at radius 1 is 0.739 bits per heavy atom. The van der Waals surface area contributed by atoms with Crippen LogP contribution in [0, 0.1) is 0 Å². The molecule has 2 nitrogen and oxygen atoms in total. The van der Waals surface area contributed by atoms with Crippen molar-refractivity contribution in [3.63, 3.8) is 0 Å². The highest BCUT2D eigenvalue weighted by Crippen LogP contribution is 2.27. The van der Waals surface area contributed by atoms with Gasteiger partial charge in [-0.2, -0.15) is 0 Å². The van der Waals surface area contributed by atoms with Crippen LogP contribution in [0.2, 0.25) is 5.02 Å². The Bertz CT molecular complexity index is 748. The summed E-state index contributed by atoms with van der Waals surface area (Å²) in [6.07, 6.45) is 0.253. The van der Waals surface area contributed by atoms with Gasteiger partial charge < -0.3 is 0 Å². The molecular weight excluding hydrogens is 306 g/mol. The first-order chi connectivity index (χ1) is 11.3. The lowest BCUT2D eigenvalue weighted by Crippen LogP contribution is -2.27. The van der Waals surface area contributed by atoms with Crippen molar-refractivity contribution >= 4 is 28.9 Å². The van der Waals surface area contributed by atoms with Gasteiger partial charge in [0.15, 0.2) is 0 Å². The normalized spacial score (nSPS) is 10.3. The number of hydrogen-bond donors (Lipinski definition) is 0. The minimum absolute atomic E-state index is 0.0181. The highest BCUT2D eigenvalue weighted by atomic mass is 35.5. The molecule has 0 fully saturated rings. The first kappa shape index (κ1) is 15.3. The molecule has 23 heavy (non-hydrogen) atoms. The summed E-state index contributed by atoms with van der Waals surface area (Å²) in [6, 6.07) is 26.7. The van der Waals surface area contributed by atoms with E-state index in [9.17, 15) is 4.79 Å². The standard InChI is InChI=1S/C20H16ClNO/c21-19-14-8-7-9-16(19)15-20(23)22(17-10-3-1-4-11-17)18-12-5-2-6-13-18/h1-14H,15H2. The molecule has 0 radical (unpaired) electrons. The fraction of sp³-hybridized carbons (Fsp3) is 0.0500. The molecule has 0 heterocycles. The van der Waals surface area contributed by atoms with Gasteiger partial charge in [-0.15, -0.1) is 0 Å². The predicted molar refractivity (Wildman–Crippen MR) is 95.2 cm³/mol. The first-order valence-corrected chi connectivity index (χ1v) is 7.80. The number of amides is 1. The number of carbonyl (C=O) groups is 1. The maximum absolute atomic E-state index is 12.9. The number of carbonyl (C=O) groups excluding carboxylic acids is 1. The summed E-state index contributed by atoms with van der Waals surface area (Å²) in [6.45, 7) is 0. The van der Waals surface area contributed by atoms with Gasteiger partial charge in [0.1, 0.15) is 0 Å². The lowest BCUT2D eigenvalue weighted by atomic mass is 10.1. The molecule has 114 valence electrons. The van der Waals surface area contributed by atoms with Gasteiger partial charge in [0.05, 0.1) is 6.42 Å². The number of hydrogen-bond acceptors (Lipinski definition) is 1. The van der Waals surface area contributed by atoms with Crippen molar-refractivity contribution in [3.8, 4) is 0 Å². The zero-order chi connectivity index (χ0) is 16.1. The SMILES string of the molecule is O=C(Cc1ccccc1Cl)N(c1ccccc1)c1ccccc1. The number of nitrogens with zero attached hydrogens (tertiary/aromatic N) is 1. The smallest absolute Gasteiger partial charge is 0.236 e. The maximum Gasteiger partial charge on any atom is 0.236 e. The second kappa shape index (κ2) is 7.12. The summed E-state index contributed by atoms with van der Waals surface area (Å²) in [5.41, 5.74) is 2.52. The number of benzene rings is 3. The second-order valence-electron chi connectivity index (χ2n) is 5.17. The van der Waals surface area contributed by atoms with Crippen molar-refractivity contribution in [1.29, 1.82) is 0 Å². The predicted octanol–water partition coefficient (Wildman–Crippen LogP) is 5.25. The van der Waals surface area contributed by atoms with E-state index < -0.39 is 0 Å². The van der Waals surface area contributed by atoms with E-state index in [0.717, 1.165) is 16.9 Å². The fourth-order valence-electron chi connectivity index (χ4n) is 2.47. The molecule has 3 heteroatoms. The van der Waals surface area contributed by atoms with Gasteiger partial charge in [0, 0.05) is 16.4 Å². The van der Waals surface area contributed by atoms with E-state index in [2.05, 4.69) is 0 Å². The topological polar surface area (TPSA) is 20.3 Å². The molecule has 1 amide bonds. The Morgan fingerprint density at radius 3 is 1.74 bits per heavy atom. The lowest BCUT2D eigenvalue weighted by molar-refractivity contribution is -0.117. The molecule has 0 N–H and O–H groups in total. The van der Waals surface area contributed by atoms with E-state index in [-0.39, 0.29) is 12.3 Å². The Labute approximate surface area is 141 Å². The van der Waals surface area contributed by atoms with E-state index >= 15 is 0 Å². The molecule has 0 atom stereocenters. The summed E-state index contributed by atoms with van der Waals surface area (Å²) in [5.74, 6) is -0.0181. The third-order valence-electron chi connectivity index (χ3n) is 3.58. The van der Waals surface area contributed by atoms with Gasteiger partial charge in [-0.1, -0.05) is 66.2 Å². The van der Waals surface area contributed by atoms with Crippen LogP contribution >= 0.6 is 11.6 Å². The van der Waals surface area contributed by atoms with Crippen molar-refractivity contribution in [2.75, 3.05) is 4.90 Å². The monoisotopic (exact) mass is 321 g/mol. The highest BCUT2D eigenvalue weighted by Gasteiger charge is 2.18. The van der Waals surface area contributed by atoms with Crippen molar-refractivity contribution in [2.45, 2.75) is 6.42 Å². The Balaban J connectivity index is 1.96. The van der Waals surface area contributed by atoms with Crippen LogP contribution in [0.1, 0.15) is 5.56 Å². The van der Waals surface area contributed by atoms with Gasteiger partial charge in [-0.25, -0.2) is 0 Å². The molecule has 3 aromatic carbocycles. The van der Waals surface area contributed by atoms with Crippen LogP contribution in [-0.4, -0.2) is 5.91 Å². The molecule has 0 saturated heterocycles. The Hall–Kier alpha value is -2.58. The van der Waals surface area contributed by atoms with E-state index in [0.29, 0.717) is 5.02 Å². The number of para-hydroxylation sites is 2. The number of anilines is 2. The average molecular weight is 322 g/mol. The molecule has 0 aliphatic carbocycles. The van der Waals surface area contributed by atoms with E-state index in [4.69, 9.17) is 11.6 Å². The molecular formula is C20H16ClNO. The Morgan fingerprint density at radius 2 is 1.22 bits per heavy atom. The van der Waals surface area contributed by atoms with Crippen molar-refractivity contribution in [2.24, 2.45) is 0 Å². The molecule has 0 unspecified atom stereocenters. The lowest BCUT2D eigenvalue weighted by Gasteiger charge is -2.23. The summed E-state index contributed by atoms with van der Waals surface area (Å²) < 4.78 is 0. The highest BCUT2D eigenvalue weighted by molar-refractivity contribution is 6.31. The van der Waals surface area contributed by atoms with Crippen LogP contribution in [0.5, 0.6) is 0 Å². The van der Waals surface area contributed by atoms with Gasteiger partial charge >= 0.3 is 0 Å². The summed E-state index contributed by atoms with van der Waals surface area (Å²) >= 11 is 6.19. The zero-order valence-corrected chi connectivity index (χ0v) is 13.3. The minimum atomic E-state index is -0.0181. The van der Waals surface area contributed by atoms with Gasteiger partial charge in [0.25, 0.3) is 0 Å². The second-order valence-corrected chi connectivity index (χ2v) is 5.58. The summed E-state index contributed by atoms with van der Waals surface area (Å²) in [5, 5.41) is 0.613. The Kier molecular flexibility index (Phi) is 4.74. The first-order valence-electron chi connectivity index (χ1n) is 7.42. The largest absolute Gasteiger partial charge is 0.281 e. The molecule has 0 aromatic heterocycles. The van der Waals surface area contributed by atoms with Crippen LogP contribution in [0.3, 0.4) is 0 Å². The van der Waals surface area contributed by atoms with Gasteiger partial charge in [-0.3, -0.25) is 9.69 Å². The van der Waals surface area contributed by atoms with E-state index in [1.165, 1.54) is 0 Å². The molecule has 0 bridgehead atoms.